The summed E-state index contributed by atoms with van der Waals surface area (Å²) >= 11 is 7.29. The van der Waals surface area contributed by atoms with E-state index in [1.165, 1.54) is 70.2 Å². The molecule has 0 fully saturated rings. The lowest BCUT2D eigenvalue weighted by Gasteiger charge is -2.20. The highest BCUT2D eigenvalue weighted by molar-refractivity contribution is 8.03. The minimum atomic E-state index is -0.971. The Kier molecular flexibility index (Phi) is 10.3. The standard InChI is InChI=1S/C35H37N3O2S4/c1-41-26-15-16-30-28(23-26)37(21-7-19-36-35(39)40)32(43-30)13-4-10-24-8-3-9-25(22-24)11-5-14-33-38-20-6-12-27-29(42-2)17-18-31(44-33)34(27)38/h4-5,10-11,13-18,22-23,36H,3,6-9,12,19-21H2,1-2H3/p+1. The van der Waals surface area contributed by atoms with Gasteiger partial charge in [-0.1, -0.05) is 53.5 Å². The van der Waals surface area contributed by atoms with Gasteiger partial charge in [-0.15, -0.1) is 23.5 Å². The van der Waals surface area contributed by atoms with E-state index in [0.717, 1.165) is 38.8 Å². The number of thiazole rings is 1. The third kappa shape index (κ3) is 7.01. The average Bonchev–Trinajstić information content (AvgIpc) is 3.57. The Bertz CT molecular complexity index is 1720. The van der Waals surface area contributed by atoms with E-state index in [1.54, 1.807) is 23.5 Å². The molecule has 0 saturated carbocycles. The van der Waals surface area contributed by atoms with Gasteiger partial charge in [-0.3, -0.25) is 0 Å². The summed E-state index contributed by atoms with van der Waals surface area (Å²) in [4.78, 5) is 17.1. The Balaban J connectivity index is 1.16. The van der Waals surface area contributed by atoms with Crippen molar-refractivity contribution in [3.05, 3.63) is 93.5 Å². The number of fused-ring (bicyclic) bond motifs is 1. The number of anilines is 1. The van der Waals surface area contributed by atoms with Gasteiger partial charge in [0, 0.05) is 45.8 Å². The first-order valence-electron chi connectivity index (χ1n) is 15.1. The molecule has 2 N–H and O–H groups in total. The van der Waals surface area contributed by atoms with Crippen LogP contribution in [-0.4, -0.2) is 36.8 Å². The zero-order valence-corrected chi connectivity index (χ0v) is 28.4. The zero-order chi connectivity index (χ0) is 30.5. The number of aromatic nitrogens is 1. The average molecular weight is 661 g/mol. The summed E-state index contributed by atoms with van der Waals surface area (Å²) in [7, 11) is 0. The second kappa shape index (κ2) is 14.5. The van der Waals surface area contributed by atoms with Crippen LogP contribution in [0, 0.1) is 0 Å². The summed E-state index contributed by atoms with van der Waals surface area (Å²) < 4.78 is 3.92. The highest BCUT2D eigenvalue weighted by atomic mass is 32.2. The Morgan fingerprint density at radius 3 is 2.80 bits per heavy atom. The fraction of sp³-hybridized carbons (Fsp3) is 0.314. The monoisotopic (exact) mass is 660 g/mol. The molecule has 5 nitrogen and oxygen atoms in total. The van der Waals surface area contributed by atoms with Gasteiger partial charge in [-0.25, -0.2) is 4.79 Å². The molecule has 1 aromatic heterocycles. The van der Waals surface area contributed by atoms with Crippen molar-refractivity contribution in [2.24, 2.45) is 0 Å². The van der Waals surface area contributed by atoms with Crippen LogP contribution in [0.1, 0.15) is 42.7 Å². The predicted octanol–water partition coefficient (Wildman–Crippen LogP) is 9.30. The van der Waals surface area contributed by atoms with E-state index < -0.39 is 6.09 Å². The molecule has 44 heavy (non-hydrogen) atoms. The predicted molar refractivity (Wildman–Crippen MR) is 190 cm³/mol. The number of rotatable bonds is 10. The fourth-order valence-corrected chi connectivity index (χ4v) is 9.39. The van der Waals surface area contributed by atoms with Gasteiger partial charge in [0.05, 0.1) is 10.7 Å². The van der Waals surface area contributed by atoms with Gasteiger partial charge in [0.1, 0.15) is 4.70 Å². The largest absolute Gasteiger partial charge is 0.465 e. The van der Waals surface area contributed by atoms with Crippen molar-refractivity contribution in [1.82, 2.24) is 5.32 Å². The van der Waals surface area contributed by atoms with Crippen molar-refractivity contribution in [3.63, 3.8) is 0 Å². The number of thioether (sulfide) groups is 3. The quantitative estimate of drug-likeness (QED) is 0.128. The Morgan fingerprint density at radius 2 is 1.95 bits per heavy atom. The minimum absolute atomic E-state index is 0.441. The SMILES string of the molecule is CSc1ccc2c(c1)N(CCCNC(=O)O)/C(=C/C=C/C1=CC(=C/C=C/c3sc4ccc(SC)c5c4[n+]3CCC5)/CCC1)S2. The summed E-state index contributed by atoms with van der Waals surface area (Å²) in [5.41, 5.74) is 6.92. The molecular weight excluding hydrogens is 623 g/mol. The summed E-state index contributed by atoms with van der Waals surface area (Å²) in [5, 5.41) is 14.0. The highest BCUT2D eigenvalue weighted by Gasteiger charge is 2.27. The highest BCUT2D eigenvalue weighted by Crippen LogP contribution is 2.47. The van der Waals surface area contributed by atoms with Gasteiger partial charge in [0.2, 0.25) is 5.52 Å². The van der Waals surface area contributed by atoms with E-state index >= 15 is 0 Å². The van der Waals surface area contributed by atoms with Crippen LogP contribution < -0.4 is 14.8 Å². The molecule has 1 aliphatic carbocycles. The van der Waals surface area contributed by atoms with E-state index in [-0.39, 0.29) is 0 Å². The van der Waals surface area contributed by atoms with Crippen LogP contribution in [0.3, 0.4) is 0 Å². The lowest BCUT2D eigenvalue weighted by Crippen LogP contribution is -2.38. The molecule has 0 bridgehead atoms. The number of carbonyl (C=O) groups is 1. The van der Waals surface area contributed by atoms with Crippen molar-refractivity contribution in [1.29, 1.82) is 0 Å². The lowest BCUT2D eigenvalue weighted by molar-refractivity contribution is -0.672. The molecular formula is C35H38N3O2S4+. The van der Waals surface area contributed by atoms with Gasteiger partial charge in [0.15, 0.2) is 6.54 Å². The van der Waals surface area contributed by atoms with Crippen LogP contribution in [-0.2, 0) is 13.0 Å². The molecule has 2 aromatic carbocycles. The van der Waals surface area contributed by atoms with Crippen LogP contribution in [0.25, 0.3) is 16.3 Å². The number of amides is 1. The molecule has 3 heterocycles. The molecule has 2 aliphatic heterocycles. The normalized spacial score (nSPS) is 18.2. The van der Waals surface area contributed by atoms with E-state index in [0.29, 0.717) is 6.54 Å². The van der Waals surface area contributed by atoms with Crippen LogP contribution >= 0.6 is 46.6 Å². The Morgan fingerprint density at radius 1 is 1.07 bits per heavy atom. The van der Waals surface area contributed by atoms with E-state index in [1.807, 2.05) is 23.1 Å². The second-order valence-electron chi connectivity index (χ2n) is 11.0. The first-order chi connectivity index (χ1) is 21.5. The molecule has 1 amide bonds. The molecule has 228 valence electrons. The minimum Gasteiger partial charge on any atom is -0.465 e. The maximum Gasteiger partial charge on any atom is 0.404 e. The fourth-order valence-electron chi connectivity index (χ4n) is 6.09. The summed E-state index contributed by atoms with van der Waals surface area (Å²) in [6.07, 6.45) is 25.6. The maximum atomic E-state index is 10.9. The number of aryl methyl sites for hydroxylation is 2. The van der Waals surface area contributed by atoms with E-state index in [9.17, 15) is 4.79 Å². The Hall–Kier alpha value is -2.85. The third-order valence-corrected chi connectivity index (χ3v) is 11.9. The van der Waals surface area contributed by atoms with Gasteiger partial charge < -0.3 is 15.3 Å². The second-order valence-corrected chi connectivity index (χ2v) is 14.9. The van der Waals surface area contributed by atoms with Crippen molar-refractivity contribution < 1.29 is 14.5 Å². The molecule has 0 spiro atoms. The molecule has 0 atom stereocenters. The van der Waals surface area contributed by atoms with Crippen LogP contribution in [0.15, 0.2) is 97.6 Å². The number of hydrogen-bond acceptors (Lipinski definition) is 6. The summed E-state index contributed by atoms with van der Waals surface area (Å²) in [6, 6.07) is 11.2. The van der Waals surface area contributed by atoms with Gasteiger partial charge in [0.25, 0.3) is 5.01 Å². The molecule has 6 rings (SSSR count). The first-order valence-corrected chi connectivity index (χ1v) is 19.2. The van der Waals surface area contributed by atoms with Crippen LogP contribution in [0.4, 0.5) is 10.5 Å². The molecule has 3 aliphatic rings. The Labute approximate surface area is 276 Å². The number of benzene rings is 2. The molecule has 9 heteroatoms. The first kappa shape index (κ1) is 31.1. The number of hydrogen-bond donors (Lipinski definition) is 2. The van der Waals surface area contributed by atoms with E-state index in [2.05, 4.69) is 100 Å². The van der Waals surface area contributed by atoms with Gasteiger partial charge in [-0.05, 0) is 92.2 Å². The number of carboxylic acid groups (broad SMARTS) is 1. The van der Waals surface area contributed by atoms with Crippen LogP contribution in [0.2, 0.25) is 0 Å². The molecule has 0 unspecified atom stereocenters. The smallest absolute Gasteiger partial charge is 0.404 e. The molecule has 0 saturated heterocycles. The van der Waals surface area contributed by atoms with E-state index in [4.69, 9.17) is 5.11 Å². The van der Waals surface area contributed by atoms with Gasteiger partial charge >= 0.3 is 6.09 Å². The third-order valence-electron chi connectivity index (χ3n) is 8.15. The number of nitrogens with zero attached hydrogens (tertiary/aromatic N) is 2. The van der Waals surface area contributed by atoms with Crippen molar-refractivity contribution in [2.45, 2.75) is 59.8 Å². The number of allylic oxidation sites excluding steroid dienone is 8. The lowest BCUT2D eigenvalue weighted by atomic mass is 9.94. The summed E-state index contributed by atoms with van der Waals surface area (Å²) in [6.45, 7) is 2.31. The van der Waals surface area contributed by atoms with Crippen molar-refractivity contribution in [2.75, 3.05) is 30.5 Å². The van der Waals surface area contributed by atoms with Crippen LogP contribution in [0.5, 0.6) is 0 Å². The van der Waals surface area contributed by atoms with Gasteiger partial charge in [-0.2, -0.15) is 4.57 Å². The molecule has 3 aromatic rings. The number of nitrogens with one attached hydrogen (secondary N) is 1. The van der Waals surface area contributed by atoms with Crippen molar-refractivity contribution >= 4 is 74.7 Å². The van der Waals surface area contributed by atoms with Crippen molar-refractivity contribution in [3.8, 4) is 0 Å². The molecule has 0 radical (unpaired) electrons. The topological polar surface area (TPSA) is 56.5 Å². The maximum absolute atomic E-state index is 10.9. The summed E-state index contributed by atoms with van der Waals surface area (Å²) in [5.74, 6) is 0. The zero-order valence-electron chi connectivity index (χ0n) is 25.2.